The number of pyridine rings is 1. The summed E-state index contributed by atoms with van der Waals surface area (Å²) in [6, 6.07) is 4.52. The van der Waals surface area contributed by atoms with Crippen LogP contribution in [-0.4, -0.2) is 85.6 Å². The molecule has 4 rings (SSSR count). The summed E-state index contributed by atoms with van der Waals surface area (Å²) in [6.45, 7) is 3.38. The van der Waals surface area contributed by atoms with Crippen molar-refractivity contribution in [3.63, 3.8) is 0 Å². The Morgan fingerprint density at radius 1 is 1.03 bits per heavy atom. The van der Waals surface area contributed by atoms with Crippen LogP contribution < -0.4 is 0 Å². The third-order valence-electron chi connectivity index (χ3n) is 5.70. The van der Waals surface area contributed by atoms with Crippen LogP contribution >= 0.6 is 0 Å². The van der Waals surface area contributed by atoms with Gasteiger partial charge in [-0.05, 0) is 37.0 Å². The number of hydrogen-bond acceptors (Lipinski definition) is 7. The Balaban J connectivity index is 0.000000317. The number of ether oxygens (including phenoxy) is 2. The molecule has 0 radical (unpaired) electrons. The fourth-order valence-corrected chi connectivity index (χ4v) is 3.98. The van der Waals surface area contributed by atoms with Gasteiger partial charge < -0.3 is 19.7 Å². The van der Waals surface area contributed by atoms with E-state index in [2.05, 4.69) is 21.2 Å². The third-order valence-corrected chi connectivity index (χ3v) is 5.70. The number of likely N-dealkylation sites (tertiary alicyclic amines) is 1. The Morgan fingerprint density at radius 3 is 2.13 bits per heavy atom. The smallest absolute Gasteiger partial charge is 0.475 e. The van der Waals surface area contributed by atoms with E-state index >= 15 is 0 Å². The molecule has 2 fully saturated rings. The highest BCUT2D eigenvalue weighted by Crippen LogP contribution is 2.32. The number of hydrogen-bond donors (Lipinski definition) is 2. The molecule has 4 heterocycles. The van der Waals surface area contributed by atoms with Crippen molar-refractivity contribution in [3.05, 3.63) is 48.0 Å². The molecule has 218 valence electrons. The predicted octanol–water partition coefficient (Wildman–Crippen LogP) is 3.42. The number of halogens is 6. The normalized spacial score (nSPS) is 21.2. The van der Waals surface area contributed by atoms with E-state index < -0.39 is 24.3 Å². The lowest BCUT2D eigenvalue weighted by molar-refractivity contribution is -0.193. The summed E-state index contributed by atoms with van der Waals surface area (Å²) < 4.78 is 77.5. The fraction of sp³-hybridized carbons (Fsp3) is 0.565. The van der Waals surface area contributed by atoms with Crippen LogP contribution in [-0.2, 0) is 39.3 Å². The van der Waals surface area contributed by atoms with Gasteiger partial charge in [-0.15, -0.1) is 0 Å². The van der Waals surface area contributed by atoms with Crippen LogP contribution in [0.25, 0.3) is 0 Å². The second-order valence-corrected chi connectivity index (χ2v) is 8.70. The summed E-state index contributed by atoms with van der Waals surface area (Å²) >= 11 is 0. The zero-order valence-electron chi connectivity index (χ0n) is 20.7. The number of aliphatic carboxylic acids is 2. The first-order valence-corrected chi connectivity index (χ1v) is 11.6. The van der Waals surface area contributed by atoms with Gasteiger partial charge in [0.15, 0.2) is 0 Å². The van der Waals surface area contributed by atoms with E-state index in [1.165, 1.54) is 12.0 Å². The molecule has 39 heavy (non-hydrogen) atoms. The Labute approximate surface area is 219 Å². The molecule has 2 N–H and O–H groups in total. The first-order chi connectivity index (χ1) is 18.2. The molecule has 0 aliphatic carbocycles. The highest BCUT2D eigenvalue weighted by Gasteiger charge is 2.40. The molecule has 0 amide bonds. The van der Waals surface area contributed by atoms with Crippen LogP contribution in [0, 0.1) is 0 Å². The molecule has 0 spiro atoms. The maximum absolute atomic E-state index is 10.6. The molecule has 10 nitrogen and oxygen atoms in total. The van der Waals surface area contributed by atoms with Crippen LogP contribution in [0.15, 0.2) is 36.9 Å². The van der Waals surface area contributed by atoms with Gasteiger partial charge in [-0.2, -0.15) is 31.4 Å². The zero-order valence-corrected chi connectivity index (χ0v) is 20.7. The van der Waals surface area contributed by atoms with E-state index in [0.717, 1.165) is 31.5 Å². The highest BCUT2D eigenvalue weighted by molar-refractivity contribution is 5.73. The van der Waals surface area contributed by atoms with Gasteiger partial charge >= 0.3 is 24.3 Å². The number of fused-ring (bicyclic) bond motifs is 1. The summed E-state index contributed by atoms with van der Waals surface area (Å²) in [4.78, 5) is 24.4. The fourth-order valence-electron chi connectivity index (χ4n) is 3.98. The number of nitrogens with zero attached hydrogens (tertiary/aromatic N) is 4. The lowest BCUT2D eigenvalue weighted by Gasteiger charge is -2.35. The molecule has 2 aliphatic heterocycles. The van der Waals surface area contributed by atoms with Crippen molar-refractivity contribution in [2.45, 2.75) is 63.0 Å². The summed E-state index contributed by atoms with van der Waals surface area (Å²) in [5.74, 6) is -5.51. The summed E-state index contributed by atoms with van der Waals surface area (Å²) in [5, 5.41) is 18.5. The SMILES string of the molecule is Cn1cc(CN2CC[C@@H]3O[C@@H](COCc4ccncc4)CC[C@@H]32)cn1.O=C(O)C(F)(F)F.O=C(O)C(F)(F)F. The topological polar surface area (TPSA) is 127 Å². The molecule has 0 aromatic carbocycles. The van der Waals surface area contributed by atoms with Crippen LogP contribution in [0.2, 0.25) is 0 Å². The quantitative estimate of drug-likeness (QED) is 0.503. The minimum atomic E-state index is -5.08. The van der Waals surface area contributed by atoms with Crippen molar-refractivity contribution in [1.29, 1.82) is 0 Å². The molecule has 0 unspecified atom stereocenters. The Kier molecular flexibility index (Phi) is 11.7. The second kappa shape index (κ2) is 14.2. The van der Waals surface area contributed by atoms with Gasteiger partial charge in [-0.25, -0.2) is 9.59 Å². The standard InChI is InChI=1S/C19H26N4O2.2C2HF3O2/c1-22-11-16(10-21-22)12-23-9-6-19-18(23)3-2-17(25-19)14-24-13-15-4-7-20-8-5-15;2*3-2(4,5)1(6)7/h4-5,7-8,10-11,17-19H,2-3,6,9,12-14H2,1H3;2*(H,6,7)/t17-,18+,19+;;/m1../s1. The van der Waals surface area contributed by atoms with Gasteiger partial charge in [0.1, 0.15) is 0 Å². The molecule has 3 atom stereocenters. The maximum atomic E-state index is 10.6. The lowest BCUT2D eigenvalue weighted by atomic mass is 9.99. The number of rotatable bonds is 6. The van der Waals surface area contributed by atoms with Crippen molar-refractivity contribution in [3.8, 4) is 0 Å². The molecule has 16 heteroatoms. The van der Waals surface area contributed by atoms with Crippen LogP contribution in [0.1, 0.15) is 30.4 Å². The molecule has 2 aromatic heterocycles. The number of aryl methyl sites for hydroxylation is 1. The Morgan fingerprint density at radius 2 is 1.62 bits per heavy atom. The van der Waals surface area contributed by atoms with Gasteiger partial charge in [0.25, 0.3) is 0 Å². The van der Waals surface area contributed by atoms with E-state index in [1.54, 1.807) is 12.4 Å². The van der Waals surface area contributed by atoms with Crippen molar-refractivity contribution < 1.29 is 55.6 Å². The van der Waals surface area contributed by atoms with E-state index in [4.69, 9.17) is 29.3 Å². The number of alkyl halides is 6. The first-order valence-electron chi connectivity index (χ1n) is 11.6. The van der Waals surface area contributed by atoms with Gasteiger partial charge in [0, 0.05) is 50.3 Å². The van der Waals surface area contributed by atoms with Crippen LogP contribution in [0.5, 0.6) is 0 Å². The number of aromatic nitrogens is 3. The van der Waals surface area contributed by atoms with Gasteiger partial charge in [0.2, 0.25) is 0 Å². The number of carbonyl (C=O) groups is 2. The number of carboxylic acids is 2. The minimum Gasteiger partial charge on any atom is -0.475 e. The van der Waals surface area contributed by atoms with Crippen LogP contribution in [0.3, 0.4) is 0 Å². The average molecular weight is 570 g/mol. The van der Waals surface area contributed by atoms with Gasteiger partial charge in [-0.3, -0.25) is 14.6 Å². The van der Waals surface area contributed by atoms with E-state index in [9.17, 15) is 26.3 Å². The predicted molar refractivity (Wildman–Crippen MR) is 121 cm³/mol. The molecule has 2 aromatic rings. The summed E-state index contributed by atoms with van der Waals surface area (Å²) in [7, 11) is 1.97. The minimum absolute atomic E-state index is 0.224. The van der Waals surface area contributed by atoms with Crippen molar-refractivity contribution >= 4 is 11.9 Å². The maximum Gasteiger partial charge on any atom is 0.490 e. The molecule has 2 aliphatic rings. The molecular weight excluding hydrogens is 542 g/mol. The van der Waals surface area contributed by atoms with Crippen LogP contribution in [0.4, 0.5) is 26.3 Å². The molecule has 0 saturated carbocycles. The molecule has 2 saturated heterocycles. The zero-order chi connectivity index (χ0) is 29.2. The Hall–Kier alpha value is -3.24. The Bertz CT molecular complexity index is 1030. The van der Waals surface area contributed by atoms with Gasteiger partial charge in [0.05, 0.1) is 31.6 Å². The first kappa shape index (κ1) is 32.0. The van der Waals surface area contributed by atoms with E-state index in [0.29, 0.717) is 25.4 Å². The van der Waals surface area contributed by atoms with E-state index in [1.807, 2.05) is 30.1 Å². The number of carboxylic acid groups (broad SMARTS) is 2. The van der Waals surface area contributed by atoms with Crippen molar-refractivity contribution in [2.24, 2.45) is 7.05 Å². The lowest BCUT2D eigenvalue weighted by Crippen LogP contribution is -2.43. The van der Waals surface area contributed by atoms with Gasteiger partial charge in [-0.1, -0.05) is 0 Å². The highest BCUT2D eigenvalue weighted by atomic mass is 19.4. The largest absolute Gasteiger partial charge is 0.490 e. The van der Waals surface area contributed by atoms with Crippen molar-refractivity contribution in [1.82, 2.24) is 19.7 Å². The second-order valence-electron chi connectivity index (χ2n) is 8.70. The summed E-state index contributed by atoms with van der Waals surface area (Å²) in [6.07, 6.45) is 1.45. The monoisotopic (exact) mass is 570 g/mol. The third kappa shape index (κ3) is 11.2. The van der Waals surface area contributed by atoms with E-state index in [-0.39, 0.29) is 6.10 Å². The molecule has 0 bridgehead atoms. The average Bonchev–Trinajstić information content (AvgIpc) is 3.45. The summed E-state index contributed by atoms with van der Waals surface area (Å²) in [5.41, 5.74) is 2.44. The van der Waals surface area contributed by atoms with Crippen molar-refractivity contribution in [2.75, 3.05) is 13.2 Å². The molecular formula is C23H28F6N4O6.